The standard InChI is InChI=1S/C21H25N3O5S2/c1-15(2)29-19-11-13-20(14-12-19)30(25,26)24-17(4)21(16(3)22-24)31(27,28)23(5)18-9-7-6-8-10-18/h6-15H,1-5H3. The minimum Gasteiger partial charge on any atom is -0.491 e. The van der Waals surface area contributed by atoms with Gasteiger partial charge in [0.25, 0.3) is 20.0 Å². The molecule has 3 aromatic rings. The molecule has 8 nitrogen and oxygen atoms in total. The van der Waals surface area contributed by atoms with Crippen molar-refractivity contribution in [2.75, 3.05) is 11.4 Å². The van der Waals surface area contributed by atoms with Gasteiger partial charge in [-0.3, -0.25) is 4.31 Å². The number of hydrogen-bond donors (Lipinski definition) is 0. The average Bonchev–Trinajstić information content (AvgIpc) is 3.03. The minimum atomic E-state index is -4.10. The Labute approximate surface area is 183 Å². The van der Waals surface area contributed by atoms with Gasteiger partial charge in [-0.05, 0) is 64.1 Å². The summed E-state index contributed by atoms with van der Waals surface area (Å²) in [7, 11) is -6.71. The number of aryl methyl sites for hydroxylation is 1. The lowest BCUT2D eigenvalue weighted by Crippen LogP contribution is -2.27. The van der Waals surface area contributed by atoms with Gasteiger partial charge in [0.2, 0.25) is 0 Å². The molecule has 0 aliphatic rings. The third-order valence-electron chi connectivity index (χ3n) is 4.64. The summed E-state index contributed by atoms with van der Waals surface area (Å²) in [5.41, 5.74) is 0.573. The van der Waals surface area contributed by atoms with E-state index in [0.29, 0.717) is 11.4 Å². The van der Waals surface area contributed by atoms with Gasteiger partial charge in [0.15, 0.2) is 0 Å². The van der Waals surface area contributed by atoms with E-state index in [2.05, 4.69) is 5.10 Å². The number of sulfonamides is 1. The molecular formula is C21H25N3O5S2. The lowest BCUT2D eigenvalue weighted by atomic mass is 10.3. The van der Waals surface area contributed by atoms with Crippen molar-refractivity contribution in [1.82, 2.24) is 9.19 Å². The van der Waals surface area contributed by atoms with E-state index in [1.807, 2.05) is 13.8 Å². The van der Waals surface area contributed by atoms with Crippen LogP contribution < -0.4 is 9.04 Å². The zero-order valence-electron chi connectivity index (χ0n) is 18.0. The van der Waals surface area contributed by atoms with Gasteiger partial charge in [-0.15, -0.1) is 0 Å². The number of ether oxygens (including phenoxy) is 1. The molecule has 0 saturated heterocycles. The first kappa shape index (κ1) is 22.8. The van der Waals surface area contributed by atoms with Crippen molar-refractivity contribution in [3.05, 3.63) is 66.0 Å². The van der Waals surface area contributed by atoms with Gasteiger partial charge in [-0.25, -0.2) is 8.42 Å². The average molecular weight is 464 g/mol. The highest BCUT2D eigenvalue weighted by Gasteiger charge is 2.32. The summed E-state index contributed by atoms with van der Waals surface area (Å²) in [6.45, 7) is 6.65. The third kappa shape index (κ3) is 4.31. The Bertz CT molecular complexity index is 1280. The smallest absolute Gasteiger partial charge is 0.283 e. The van der Waals surface area contributed by atoms with Crippen LogP contribution in [-0.2, 0) is 20.0 Å². The van der Waals surface area contributed by atoms with Crippen LogP contribution in [0.15, 0.2) is 64.4 Å². The van der Waals surface area contributed by atoms with Gasteiger partial charge >= 0.3 is 0 Å². The molecule has 0 atom stereocenters. The number of rotatable bonds is 7. The van der Waals surface area contributed by atoms with Crippen LogP contribution in [0.2, 0.25) is 0 Å². The Morgan fingerprint density at radius 2 is 1.52 bits per heavy atom. The zero-order chi connectivity index (χ0) is 23.0. The molecule has 0 fully saturated rings. The summed E-state index contributed by atoms with van der Waals surface area (Å²) in [4.78, 5) is -0.156. The van der Waals surface area contributed by atoms with Crippen molar-refractivity contribution in [2.45, 2.75) is 43.6 Å². The summed E-state index contributed by atoms with van der Waals surface area (Å²) in [5, 5.41) is 4.06. The molecule has 0 spiro atoms. The Hall–Kier alpha value is -2.85. The van der Waals surface area contributed by atoms with Gasteiger partial charge in [0, 0.05) is 7.05 Å². The van der Waals surface area contributed by atoms with E-state index >= 15 is 0 Å². The van der Waals surface area contributed by atoms with Crippen molar-refractivity contribution >= 4 is 25.7 Å². The molecule has 1 aromatic heterocycles. The van der Waals surface area contributed by atoms with Crippen LogP contribution in [0.4, 0.5) is 5.69 Å². The van der Waals surface area contributed by atoms with Crippen LogP contribution >= 0.6 is 0 Å². The molecule has 0 unspecified atom stereocenters. The van der Waals surface area contributed by atoms with E-state index in [0.717, 1.165) is 8.39 Å². The highest BCUT2D eigenvalue weighted by atomic mass is 32.2. The first-order valence-electron chi connectivity index (χ1n) is 9.58. The molecule has 0 amide bonds. The van der Waals surface area contributed by atoms with Gasteiger partial charge in [0.05, 0.1) is 28.1 Å². The summed E-state index contributed by atoms with van der Waals surface area (Å²) in [6, 6.07) is 14.5. The van der Waals surface area contributed by atoms with Crippen molar-refractivity contribution in [3.8, 4) is 5.75 Å². The first-order valence-corrected chi connectivity index (χ1v) is 12.5. The Morgan fingerprint density at radius 3 is 2.06 bits per heavy atom. The number of anilines is 1. The van der Waals surface area contributed by atoms with Crippen LogP contribution in [0.1, 0.15) is 25.2 Å². The molecule has 10 heteroatoms. The van der Waals surface area contributed by atoms with Gasteiger partial charge < -0.3 is 4.74 Å². The second-order valence-electron chi connectivity index (χ2n) is 7.29. The fourth-order valence-corrected chi connectivity index (χ4v) is 6.15. The summed E-state index contributed by atoms with van der Waals surface area (Å²) in [6.07, 6.45) is -0.0483. The number of hydrogen-bond acceptors (Lipinski definition) is 6. The normalized spacial score (nSPS) is 12.2. The second kappa shape index (κ2) is 8.35. The molecule has 0 bridgehead atoms. The van der Waals surface area contributed by atoms with Gasteiger partial charge in [-0.1, -0.05) is 18.2 Å². The second-order valence-corrected chi connectivity index (χ2v) is 11.0. The summed E-state index contributed by atoms with van der Waals surface area (Å²) in [5.74, 6) is 0.537. The van der Waals surface area contributed by atoms with E-state index < -0.39 is 20.0 Å². The maximum Gasteiger partial charge on any atom is 0.283 e. The van der Waals surface area contributed by atoms with E-state index in [4.69, 9.17) is 4.74 Å². The van der Waals surface area contributed by atoms with E-state index in [1.54, 1.807) is 42.5 Å². The van der Waals surface area contributed by atoms with E-state index in [9.17, 15) is 16.8 Å². The molecule has 3 rings (SSSR count). The fraction of sp³-hybridized carbons (Fsp3) is 0.286. The summed E-state index contributed by atoms with van der Waals surface area (Å²) >= 11 is 0. The number of benzene rings is 2. The molecule has 2 aromatic carbocycles. The van der Waals surface area contributed by atoms with Gasteiger partial charge in [0.1, 0.15) is 10.6 Å². The van der Waals surface area contributed by atoms with Crippen molar-refractivity contribution in [2.24, 2.45) is 0 Å². The molecule has 0 saturated carbocycles. The van der Waals surface area contributed by atoms with E-state index in [-0.39, 0.29) is 27.3 Å². The molecule has 1 heterocycles. The molecule has 31 heavy (non-hydrogen) atoms. The molecular weight excluding hydrogens is 438 g/mol. The number of nitrogens with zero attached hydrogens (tertiary/aromatic N) is 3. The van der Waals surface area contributed by atoms with Crippen molar-refractivity contribution in [3.63, 3.8) is 0 Å². The van der Waals surface area contributed by atoms with Crippen LogP contribution in [0.5, 0.6) is 5.75 Å². The van der Waals surface area contributed by atoms with Crippen molar-refractivity contribution in [1.29, 1.82) is 0 Å². The van der Waals surface area contributed by atoms with Crippen LogP contribution in [0.25, 0.3) is 0 Å². The molecule has 0 aliphatic heterocycles. The molecule has 166 valence electrons. The number of aromatic nitrogens is 2. The molecule has 0 radical (unpaired) electrons. The predicted molar refractivity (Wildman–Crippen MR) is 119 cm³/mol. The predicted octanol–water partition coefficient (Wildman–Crippen LogP) is 3.35. The zero-order valence-corrected chi connectivity index (χ0v) is 19.6. The van der Waals surface area contributed by atoms with E-state index in [1.165, 1.54) is 33.0 Å². The molecule has 0 aliphatic carbocycles. The lowest BCUT2D eigenvalue weighted by molar-refractivity contribution is 0.242. The Morgan fingerprint density at radius 1 is 0.935 bits per heavy atom. The highest BCUT2D eigenvalue weighted by Crippen LogP contribution is 2.29. The molecule has 0 N–H and O–H groups in total. The number of para-hydroxylation sites is 1. The topological polar surface area (TPSA) is 98.6 Å². The maximum absolute atomic E-state index is 13.3. The van der Waals surface area contributed by atoms with Crippen LogP contribution in [0.3, 0.4) is 0 Å². The van der Waals surface area contributed by atoms with Crippen molar-refractivity contribution < 1.29 is 21.6 Å². The van der Waals surface area contributed by atoms with Crippen LogP contribution in [-0.4, -0.2) is 39.2 Å². The summed E-state index contributed by atoms with van der Waals surface area (Å²) < 4.78 is 60.3. The van der Waals surface area contributed by atoms with Crippen LogP contribution in [0, 0.1) is 13.8 Å². The quantitative estimate of drug-likeness (QED) is 0.533. The Kier molecular flexibility index (Phi) is 6.15. The largest absolute Gasteiger partial charge is 0.491 e. The lowest BCUT2D eigenvalue weighted by Gasteiger charge is -2.19. The Balaban J connectivity index is 2.04. The van der Waals surface area contributed by atoms with Gasteiger partial charge in [-0.2, -0.15) is 17.6 Å². The fourth-order valence-electron chi connectivity index (χ4n) is 3.19. The SMILES string of the molecule is Cc1nn(S(=O)(=O)c2ccc(OC(C)C)cc2)c(C)c1S(=O)(=O)N(C)c1ccccc1. The monoisotopic (exact) mass is 463 g/mol. The highest BCUT2D eigenvalue weighted by molar-refractivity contribution is 7.93. The first-order chi connectivity index (χ1) is 14.5. The minimum absolute atomic E-state index is 0.0165. The third-order valence-corrected chi connectivity index (χ3v) is 8.36. The maximum atomic E-state index is 13.3.